The van der Waals surface area contributed by atoms with E-state index in [0.717, 1.165) is 5.75 Å². The molecule has 4 heteroatoms. The molecule has 0 bridgehead atoms. The standard InChI is InChI=1S/C4H7NS2.Sb/c1-2-3-7-4(5)6;/h2H,1,3H2,(H2,5,6);. The van der Waals surface area contributed by atoms with Gasteiger partial charge in [-0.1, -0.05) is 30.1 Å². The van der Waals surface area contributed by atoms with E-state index in [4.69, 9.17) is 5.73 Å². The van der Waals surface area contributed by atoms with Crippen molar-refractivity contribution in [2.75, 3.05) is 5.75 Å². The third-order valence-electron chi connectivity index (χ3n) is 0.343. The Labute approximate surface area is 76.5 Å². The summed E-state index contributed by atoms with van der Waals surface area (Å²) in [5, 5.41) is 0. The van der Waals surface area contributed by atoms with Gasteiger partial charge >= 0.3 is 0 Å². The number of thiocarbonyl (C=S) groups is 1. The molecule has 45 valence electrons. The van der Waals surface area contributed by atoms with Crippen LogP contribution in [0.15, 0.2) is 12.7 Å². The summed E-state index contributed by atoms with van der Waals surface area (Å²) >= 11 is 5.98. The van der Waals surface area contributed by atoms with Crippen molar-refractivity contribution in [1.82, 2.24) is 0 Å². The van der Waals surface area contributed by atoms with Gasteiger partial charge in [-0.25, -0.2) is 0 Å². The molecule has 0 amide bonds. The van der Waals surface area contributed by atoms with Crippen molar-refractivity contribution < 1.29 is 0 Å². The van der Waals surface area contributed by atoms with Crippen LogP contribution in [0.5, 0.6) is 0 Å². The molecular formula is C4H7NS2Sb. The summed E-state index contributed by atoms with van der Waals surface area (Å²) in [7, 11) is 0. The molecule has 0 heterocycles. The zero-order valence-corrected chi connectivity index (χ0v) is 8.52. The molecule has 0 aromatic carbocycles. The van der Waals surface area contributed by atoms with E-state index in [9.17, 15) is 0 Å². The fourth-order valence-electron chi connectivity index (χ4n) is 0.141. The average Bonchev–Trinajstić information content (AvgIpc) is 1.61. The fraction of sp³-hybridized carbons (Fsp3) is 0.250. The van der Waals surface area contributed by atoms with Gasteiger partial charge < -0.3 is 5.73 Å². The van der Waals surface area contributed by atoms with E-state index < -0.39 is 0 Å². The molecule has 0 rings (SSSR count). The van der Waals surface area contributed by atoms with Crippen LogP contribution in [0, 0.1) is 0 Å². The van der Waals surface area contributed by atoms with Crippen molar-refractivity contribution in [3.63, 3.8) is 0 Å². The summed E-state index contributed by atoms with van der Waals surface area (Å²) in [5.41, 5.74) is 5.13. The minimum Gasteiger partial charge on any atom is -0.385 e. The van der Waals surface area contributed by atoms with Gasteiger partial charge in [0.1, 0.15) is 4.32 Å². The minimum atomic E-state index is 0. The Hall–Kier alpha value is 0.798. The van der Waals surface area contributed by atoms with Crippen molar-refractivity contribution in [3.8, 4) is 0 Å². The van der Waals surface area contributed by atoms with E-state index in [1.807, 2.05) is 0 Å². The van der Waals surface area contributed by atoms with Crippen LogP contribution in [0.25, 0.3) is 0 Å². The molecule has 0 saturated heterocycles. The van der Waals surface area contributed by atoms with Crippen molar-refractivity contribution in [1.29, 1.82) is 0 Å². The smallest absolute Gasteiger partial charge is 0.131 e. The maximum Gasteiger partial charge on any atom is 0.131 e. The van der Waals surface area contributed by atoms with Gasteiger partial charge in [-0.05, 0) is 0 Å². The summed E-state index contributed by atoms with van der Waals surface area (Å²) in [5.74, 6) is 0.815. The normalized spacial score (nSPS) is 7.00. The molecular weight excluding hydrogens is 248 g/mol. The third-order valence-corrected chi connectivity index (χ3v) is 1.38. The molecule has 0 aliphatic heterocycles. The number of hydrogen-bond acceptors (Lipinski definition) is 2. The zero-order chi connectivity index (χ0) is 5.70. The summed E-state index contributed by atoms with van der Waals surface area (Å²) in [6, 6.07) is 0. The van der Waals surface area contributed by atoms with Gasteiger partial charge in [-0.2, -0.15) is 0 Å². The second-order valence-electron chi connectivity index (χ2n) is 0.919. The summed E-state index contributed by atoms with van der Waals surface area (Å²) in [6.07, 6.45) is 1.77. The minimum absolute atomic E-state index is 0. The monoisotopic (exact) mass is 254 g/mol. The fourth-order valence-corrected chi connectivity index (χ4v) is 0.627. The Morgan fingerprint density at radius 3 is 2.50 bits per heavy atom. The first-order valence-electron chi connectivity index (χ1n) is 1.80. The van der Waals surface area contributed by atoms with Crippen LogP contribution < -0.4 is 5.73 Å². The first kappa shape index (κ1) is 11.6. The van der Waals surface area contributed by atoms with Gasteiger partial charge in [0.2, 0.25) is 0 Å². The second kappa shape index (κ2) is 7.80. The Bertz CT molecular complexity index is 84.1. The quantitative estimate of drug-likeness (QED) is 0.448. The SMILES string of the molecule is C=CCSC(N)=S.[Sb]. The molecule has 0 fully saturated rings. The maximum atomic E-state index is 5.13. The van der Waals surface area contributed by atoms with Crippen LogP contribution in [0.4, 0.5) is 0 Å². The topological polar surface area (TPSA) is 26.0 Å². The number of rotatable bonds is 2. The van der Waals surface area contributed by atoms with Crippen molar-refractivity contribution in [2.24, 2.45) is 5.73 Å². The molecule has 1 nitrogen and oxygen atoms in total. The first-order valence-corrected chi connectivity index (χ1v) is 3.20. The number of hydrogen-bond donors (Lipinski definition) is 1. The molecule has 0 aliphatic rings. The predicted octanol–water partition coefficient (Wildman–Crippen LogP) is 0.768. The molecule has 0 atom stereocenters. The molecule has 0 aromatic heterocycles. The predicted molar refractivity (Wildman–Crippen MR) is 45.2 cm³/mol. The summed E-state index contributed by atoms with van der Waals surface area (Å²) in [4.78, 5) is 0. The second-order valence-corrected chi connectivity index (χ2v) is 2.68. The van der Waals surface area contributed by atoms with Gasteiger partial charge in [0, 0.05) is 30.2 Å². The molecule has 0 aliphatic carbocycles. The van der Waals surface area contributed by atoms with E-state index in [-0.39, 0.29) is 24.4 Å². The Balaban J connectivity index is 0. The van der Waals surface area contributed by atoms with Crippen LogP contribution in [-0.4, -0.2) is 34.5 Å². The molecule has 0 saturated carbocycles. The van der Waals surface area contributed by atoms with Gasteiger partial charge in [0.15, 0.2) is 0 Å². The molecule has 3 radical (unpaired) electrons. The first-order chi connectivity index (χ1) is 3.27. The number of thioether (sulfide) groups is 1. The van der Waals surface area contributed by atoms with Crippen LogP contribution in [0.1, 0.15) is 0 Å². The van der Waals surface area contributed by atoms with Crippen molar-refractivity contribution in [3.05, 3.63) is 12.7 Å². The third kappa shape index (κ3) is 9.93. The Kier molecular flexibility index (Phi) is 11.3. The Morgan fingerprint density at radius 2 is 2.38 bits per heavy atom. The largest absolute Gasteiger partial charge is 0.385 e. The van der Waals surface area contributed by atoms with Gasteiger partial charge in [0.25, 0.3) is 0 Å². The van der Waals surface area contributed by atoms with E-state index in [0.29, 0.717) is 4.32 Å². The maximum absolute atomic E-state index is 5.13. The average molecular weight is 255 g/mol. The van der Waals surface area contributed by atoms with Crippen molar-refractivity contribution >= 4 is 52.7 Å². The molecule has 0 spiro atoms. The molecule has 0 aromatic rings. The summed E-state index contributed by atoms with van der Waals surface area (Å²) in [6.45, 7) is 3.50. The van der Waals surface area contributed by atoms with Gasteiger partial charge in [-0.3, -0.25) is 0 Å². The molecule has 0 unspecified atom stereocenters. The van der Waals surface area contributed by atoms with Crippen LogP contribution in [-0.2, 0) is 0 Å². The van der Waals surface area contributed by atoms with Crippen LogP contribution in [0.2, 0.25) is 0 Å². The van der Waals surface area contributed by atoms with E-state index in [1.165, 1.54) is 11.8 Å². The van der Waals surface area contributed by atoms with Gasteiger partial charge in [-0.15, -0.1) is 6.58 Å². The van der Waals surface area contributed by atoms with E-state index in [2.05, 4.69) is 18.8 Å². The number of nitrogens with two attached hydrogens (primary N) is 1. The molecule has 8 heavy (non-hydrogen) atoms. The Morgan fingerprint density at radius 1 is 1.88 bits per heavy atom. The van der Waals surface area contributed by atoms with Crippen LogP contribution in [0.3, 0.4) is 0 Å². The van der Waals surface area contributed by atoms with Crippen molar-refractivity contribution in [2.45, 2.75) is 0 Å². The summed E-state index contributed by atoms with van der Waals surface area (Å²) < 4.78 is 0.486. The zero-order valence-electron chi connectivity index (χ0n) is 4.33. The molecule has 2 N–H and O–H groups in total. The van der Waals surface area contributed by atoms with E-state index >= 15 is 0 Å². The van der Waals surface area contributed by atoms with E-state index in [1.54, 1.807) is 6.08 Å². The van der Waals surface area contributed by atoms with Gasteiger partial charge in [0.05, 0.1) is 0 Å². The van der Waals surface area contributed by atoms with Crippen LogP contribution >= 0.6 is 24.0 Å².